The lowest BCUT2D eigenvalue weighted by Crippen LogP contribution is -2.06. The smallest absolute Gasteiger partial charge is 0.149 e. The summed E-state index contributed by atoms with van der Waals surface area (Å²) < 4.78 is 7.80. The first-order chi connectivity index (χ1) is 11.5. The van der Waals surface area contributed by atoms with Crippen molar-refractivity contribution >= 4 is 64.5 Å². The highest BCUT2D eigenvalue weighted by Crippen LogP contribution is 2.37. The van der Waals surface area contributed by atoms with Crippen molar-refractivity contribution in [1.29, 1.82) is 0 Å². The summed E-state index contributed by atoms with van der Waals surface area (Å²) in [6.07, 6.45) is 0.649. The Morgan fingerprint density at radius 1 is 1.12 bits per heavy atom. The molecular formula is C17H12Br3NO3. The lowest BCUT2D eigenvalue weighted by molar-refractivity contribution is 0.319. The second-order valence-electron chi connectivity index (χ2n) is 5.11. The quantitative estimate of drug-likeness (QED) is 0.246. The van der Waals surface area contributed by atoms with E-state index in [1.807, 2.05) is 25.1 Å². The van der Waals surface area contributed by atoms with Gasteiger partial charge in [-0.3, -0.25) is 0 Å². The number of hydrogen-bond acceptors (Lipinski definition) is 4. The molecule has 0 aliphatic heterocycles. The molecule has 0 fully saturated rings. The molecule has 124 valence electrons. The van der Waals surface area contributed by atoms with Crippen LogP contribution < -0.4 is 0 Å². The Labute approximate surface area is 163 Å². The Morgan fingerprint density at radius 2 is 1.79 bits per heavy atom. The number of phenolic OH excluding ortho intramolecular Hbond substituents is 1. The molecule has 0 amide bonds. The minimum absolute atomic E-state index is 0.0894. The van der Waals surface area contributed by atoms with Gasteiger partial charge >= 0.3 is 0 Å². The molecule has 1 heterocycles. The summed E-state index contributed by atoms with van der Waals surface area (Å²) in [4.78, 5) is 0. The zero-order valence-electron chi connectivity index (χ0n) is 12.5. The summed E-state index contributed by atoms with van der Waals surface area (Å²) in [7, 11) is 0. The first-order valence-electron chi connectivity index (χ1n) is 7.08. The van der Waals surface area contributed by atoms with Gasteiger partial charge in [-0.1, -0.05) is 24.2 Å². The fourth-order valence-electron chi connectivity index (χ4n) is 2.60. The molecule has 3 aromatic rings. The van der Waals surface area contributed by atoms with Crippen LogP contribution >= 0.6 is 47.8 Å². The van der Waals surface area contributed by atoms with E-state index in [0.29, 0.717) is 32.2 Å². The van der Waals surface area contributed by atoms with Gasteiger partial charge in [-0.2, -0.15) is 0 Å². The summed E-state index contributed by atoms with van der Waals surface area (Å²) in [6, 6.07) is 9.13. The van der Waals surface area contributed by atoms with E-state index in [1.165, 1.54) is 0 Å². The standard InChI is InChI=1S/C17H12Br3NO3/c1-2-13-14(9-4-3-5-10(18)17(9)24-13)15(21-23)8-6-11(19)16(22)12(20)7-8/h3-7,22-23H,2H2,1H3. The minimum Gasteiger partial charge on any atom is -0.506 e. The number of nitrogens with zero attached hydrogens (tertiary/aromatic N) is 1. The highest BCUT2D eigenvalue weighted by molar-refractivity contribution is 9.11. The number of halogens is 3. The molecule has 1 aromatic heterocycles. The fraction of sp³-hybridized carbons (Fsp3) is 0.118. The molecule has 0 bridgehead atoms. The van der Waals surface area contributed by atoms with E-state index in [0.717, 1.165) is 21.2 Å². The first kappa shape index (κ1) is 17.5. The van der Waals surface area contributed by atoms with Gasteiger partial charge in [-0.25, -0.2) is 0 Å². The lowest BCUT2D eigenvalue weighted by Gasteiger charge is -2.08. The molecule has 0 unspecified atom stereocenters. The van der Waals surface area contributed by atoms with Crippen molar-refractivity contribution in [2.24, 2.45) is 5.16 Å². The van der Waals surface area contributed by atoms with Crippen LogP contribution in [0.3, 0.4) is 0 Å². The summed E-state index contributed by atoms with van der Waals surface area (Å²) in [6.45, 7) is 1.98. The molecule has 24 heavy (non-hydrogen) atoms. The maximum atomic E-state index is 9.90. The average molecular weight is 518 g/mol. The van der Waals surface area contributed by atoms with Crippen molar-refractivity contribution in [3.63, 3.8) is 0 Å². The molecule has 0 saturated heterocycles. The van der Waals surface area contributed by atoms with Gasteiger partial charge in [0, 0.05) is 17.4 Å². The zero-order valence-corrected chi connectivity index (χ0v) is 17.2. The summed E-state index contributed by atoms with van der Waals surface area (Å²) in [5, 5.41) is 24.0. The second kappa shape index (κ2) is 6.90. The van der Waals surface area contributed by atoms with Gasteiger partial charge < -0.3 is 14.7 Å². The molecule has 7 heteroatoms. The van der Waals surface area contributed by atoms with E-state index in [9.17, 15) is 10.3 Å². The number of rotatable bonds is 3. The third kappa shape index (κ3) is 2.89. The summed E-state index contributed by atoms with van der Waals surface area (Å²) in [5.41, 5.74) is 2.47. The number of phenols is 1. The SMILES string of the molecule is CCc1oc2c(Br)cccc2c1C(=NO)c1cc(Br)c(O)c(Br)c1. The molecular weight excluding hydrogens is 506 g/mol. The zero-order chi connectivity index (χ0) is 17.4. The lowest BCUT2D eigenvalue weighted by atomic mass is 9.98. The van der Waals surface area contributed by atoms with Gasteiger partial charge in [0.05, 0.1) is 19.0 Å². The molecule has 2 aromatic carbocycles. The predicted octanol–water partition coefficient (Wildman–Crippen LogP) is 6.21. The largest absolute Gasteiger partial charge is 0.506 e. The maximum Gasteiger partial charge on any atom is 0.149 e. The fourth-order valence-corrected chi connectivity index (χ4v) is 4.23. The number of hydrogen-bond donors (Lipinski definition) is 2. The monoisotopic (exact) mass is 515 g/mol. The Kier molecular flexibility index (Phi) is 5.03. The summed E-state index contributed by atoms with van der Waals surface area (Å²) in [5.74, 6) is 0.816. The topological polar surface area (TPSA) is 66.0 Å². The van der Waals surface area contributed by atoms with Crippen molar-refractivity contribution in [3.05, 3.63) is 60.6 Å². The third-order valence-corrected chi connectivity index (χ3v) is 5.52. The van der Waals surface area contributed by atoms with Crippen LogP contribution in [0.4, 0.5) is 0 Å². The van der Waals surface area contributed by atoms with Gasteiger partial charge in [0.1, 0.15) is 22.8 Å². The van der Waals surface area contributed by atoms with E-state index in [1.54, 1.807) is 12.1 Å². The number of benzene rings is 2. The minimum atomic E-state index is 0.0894. The third-order valence-electron chi connectivity index (χ3n) is 3.69. The van der Waals surface area contributed by atoms with Gasteiger partial charge in [0.2, 0.25) is 0 Å². The maximum absolute atomic E-state index is 9.90. The van der Waals surface area contributed by atoms with Crippen LogP contribution in [0.25, 0.3) is 11.0 Å². The number of fused-ring (bicyclic) bond motifs is 1. The van der Waals surface area contributed by atoms with Crippen LogP contribution in [0.15, 0.2) is 53.3 Å². The van der Waals surface area contributed by atoms with E-state index in [-0.39, 0.29) is 5.75 Å². The average Bonchev–Trinajstić information content (AvgIpc) is 2.93. The van der Waals surface area contributed by atoms with Gasteiger partial charge in [-0.05, 0) is 66.0 Å². The number of aryl methyl sites for hydroxylation is 1. The Hall–Kier alpha value is -1.31. The normalized spacial score (nSPS) is 12.1. The first-order valence-corrected chi connectivity index (χ1v) is 9.46. The van der Waals surface area contributed by atoms with E-state index >= 15 is 0 Å². The van der Waals surface area contributed by atoms with Gasteiger partial charge in [-0.15, -0.1) is 0 Å². The Bertz CT molecular complexity index is 940. The Morgan fingerprint density at radius 3 is 2.38 bits per heavy atom. The van der Waals surface area contributed by atoms with Crippen molar-refractivity contribution in [2.45, 2.75) is 13.3 Å². The number of para-hydroxylation sites is 1. The molecule has 2 N–H and O–H groups in total. The van der Waals surface area contributed by atoms with Crippen molar-refractivity contribution in [1.82, 2.24) is 0 Å². The molecule has 0 spiro atoms. The van der Waals surface area contributed by atoms with Crippen molar-refractivity contribution in [2.75, 3.05) is 0 Å². The molecule has 0 aliphatic rings. The number of oxime groups is 1. The molecule has 0 saturated carbocycles. The highest BCUT2D eigenvalue weighted by atomic mass is 79.9. The van der Waals surface area contributed by atoms with Crippen molar-refractivity contribution in [3.8, 4) is 5.75 Å². The van der Waals surface area contributed by atoms with Crippen LogP contribution in [0.1, 0.15) is 23.8 Å². The van der Waals surface area contributed by atoms with Crippen molar-refractivity contribution < 1.29 is 14.7 Å². The van der Waals surface area contributed by atoms with Gasteiger partial charge in [0.15, 0.2) is 0 Å². The number of furan rings is 1. The van der Waals surface area contributed by atoms with Crippen LogP contribution in [-0.4, -0.2) is 16.0 Å². The molecule has 0 aliphatic carbocycles. The second-order valence-corrected chi connectivity index (χ2v) is 7.67. The molecule has 0 radical (unpaired) electrons. The van der Waals surface area contributed by atoms with Gasteiger partial charge in [0.25, 0.3) is 0 Å². The van der Waals surface area contributed by atoms with E-state index < -0.39 is 0 Å². The van der Waals surface area contributed by atoms with E-state index in [4.69, 9.17) is 4.42 Å². The number of aromatic hydroxyl groups is 1. The van der Waals surface area contributed by atoms with Crippen LogP contribution in [0.2, 0.25) is 0 Å². The predicted molar refractivity (Wildman–Crippen MR) is 104 cm³/mol. The van der Waals surface area contributed by atoms with Crippen LogP contribution in [0.5, 0.6) is 5.75 Å². The van der Waals surface area contributed by atoms with E-state index in [2.05, 4.69) is 52.9 Å². The Balaban J connectivity index is 2.30. The molecule has 3 rings (SSSR count). The van der Waals surface area contributed by atoms with Crippen LogP contribution in [0, 0.1) is 0 Å². The van der Waals surface area contributed by atoms with Crippen LogP contribution in [-0.2, 0) is 6.42 Å². The summed E-state index contributed by atoms with van der Waals surface area (Å²) >= 11 is 10.1. The molecule has 0 atom stereocenters. The molecule has 4 nitrogen and oxygen atoms in total. The highest BCUT2D eigenvalue weighted by Gasteiger charge is 2.22.